The topological polar surface area (TPSA) is 127 Å². The number of ether oxygens (including phenoxy) is 1. The minimum atomic E-state index is -2.08. The molecule has 7 nitrogen and oxygen atoms in total. The molecule has 0 aliphatic heterocycles. The van der Waals surface area contributed by atoms with E-state index in [1.54, 1.807) is 0 Å². The molecule has 0 rings (SSSR count). The van der Waals surface area contributed by atoms with Crippen LogP contribution in [0.15, 0.2) is 0 Å². The van der Waals surface area contributed by atoms with E-state index in [1.165, 1.54) is 5.92 Å². The summed E-state index contributed by atoms with van der Waals surface area (Å²) in [6, 6.07) is 0. The highest BCUT2D eigenvalue weighted by atomic mass is 16.6. The van der Waals surface area contributed by atoms with Gasteiger partial charge in [0.15, 0.2) is 0 Å². The maximum atomic E-state index is 10.5. The predicted octanol–water partition coefficient (Wildman–Crippen LogP) is -3.44. The second-order valence-electron chi connectivity index (χ2n) is 2.67. The van der Waals surface area contributed by atoms with E-state index < -0.39 is 37.2 Å². The van der Waals surface area contributed by atoms with Crippen molar-refractivity contribution >= 4 is 5.97 Å². The first-order chi connectivity index (χ1) is 6.93. The maximum Gasteiger partial charge on any atom is 0.386 e. The van der Waals surface area contributed by atoms with E-state index in [0.29, 0.717) is 0 Å². The van der Waals surface area contributed by atoms with Crippen LogP contribution in [0.1, 0.15) is 0 Å². The molecule has 1 unspecified atom stereocenters. The van der Waals surface area contributed by atoms with Crippen molar-refractivity contribution in [1.29, 1.82) is 0 Å². The molecule has 7 heteroatoms. The zero-order valence-corrected chi connectivity index (χ0v) is 7.65. The van der Waals surface area contributed by atoms with Gasteiger partial charge in [0.25, 0.3) is 0 Å². The zero-order chi connectivity index (χ0) is 12.0. The largest absolute Gasteiger partial charge is 0.423 e. The molecule has 0 radical (unpaired) electrons. The molecule has 0 amide bonds. The van der Waals surface area contributed by atoms with E-state index in [2.05, 4.69) is 11.2 Å². The smallest absolute Gasteiger partial charge is 0.386 e. The Hall–Kier alpha value is -1.17. The summed E-state index contributed by atoms with van der Waals surface area (Å²) in [5.41, 5.74) is 0. The van der Waals surface area contributed by atoms with Crippen LogP contribution in [-0.4, -0.2) is 62.7 Å². The third-order valence-corrected chi connectivity index (χ3v) is 1.57. The Labute approximate surface area is 85.5 Å². The summed E-state index contributed by atoms with van der Waals surface area (Å²) in [4.78, 5) is 10.5. The van der Waals surface area contributed by atoms with Crippen LogP contribution in [0, 0.1) is 12.3 Å². The highest BCUT2D eigenvalue weighted by molar-refractivity contribution is 5.87. The Morgan fingerprint density at radius 3 is 2.20 bits per heavy atom. The quantitative estimate of drug-likeness (QED) is 0.141. The van der Waals surface area contributed by atoms with Gasteiger partial charge in [-0.15, -0.1) is 6.42 Å². The molecule has 0 aromatic heterocycles. The minimum absolute atomic E-state index is 0.825. The molecule has 0 bridgehead atoms. The highest BCUT2D eigenvalue weighted by Gasteiger charge is 2.32. The maximum absolute atomic E-state index is 10.5. The van der Waals surface area contributed by atoms with Crippen LogP contribution >= 0.6 is 0 Å². The van der Waals surface area contributed by atoms with Crippen molar-refractivity contribution in [3.05, 3.63) is 0 Å². The van der Waals surface area contributed by atoms with Gasteiger partial charge in [0.1, 0.15) is 18.3 Å². The Morgan fingerprint density at radius 2 is 1.80 bits per heavy atom. The fraction of sp³-hybridized carbons (Fsp3) is 0.625. The molecule has 0 saturated heterocycles. The number of aliphatic hydroxyl groups excluding tert-OH is 5. The second kappa shape index (κ2) is 6.34. The van der Waals surface area contributed by atoms with Gasteiger partial charge in [-0.2, -0.15) is 0 Å². The van der Waals surface area contributed by atoms with Crippen LogP contribution in [0.3, 0.4) is 0 Å². The molecular weight excluding hydrogens is 208 g/mol. The fourth-order valence-electron chi connectivity index (χ4n) is 0.718. The molecule has 0 aliphatic carbocycles. The predicted molar refractivity (Wildman–Crippen MR) is 46.0 cm³/mol. The molecule has 0 aromatic rings. The summed E-state index contributed by atoms with van der Waals surface area (Å²) < 4.78 is 4.05. The lowest BCUT2D eigenvalue weighted by molar-refractivity contribution is -0.204. The van der Waals surface area contributed by atoms with Gasteiger partial charge in [-0.05, 0) is 0 Å². The van der Waals surface area contributed by atoms with Crippen molar-refractivity contribution in [2.24, 2.45) is 0 Å². The average molecular weight is 220 g/mol. The van der Waals surface area contributed by atoms with Crippen molar-refractivity contribution in [1.82, 2.24) is 0 Å². The zero-order valence-electron chi connectivity index (χ0n) is 7.65. The molecule has 0 heterocycles. The van der Waals surface area contributed by atoms with Gasteiger partial charge in [-0.3, -0.25) is 0 Å². The van der Waals surface area contributed by atoms with Crippen molar-refractivity contribution in [2.75, 3.05) is 6.61 Å². The van der Waals surface area contributed by atoms with E-state index in [4.69, 9.17) is 25.5 Å². The number of carbonyl (C=O) groups is 1. The van der Waals surface area contributed by atoms with Gasteiger partial charge in [0.05, 0.1) is 6.61 Å². The monoisotopic (exact) mass is 220 g/mol. The van der Waals surface area contributed by atoms with Crippen molar-refractivity contribution in [2.45, 2.75) is 24.6 Å². The molecule has 5 N–H and O–H groups in total. The van der Waals surface area contributed by atoms with E-state index in [0.717, 1.165) is 0 Å². The van der Waals surface area contributed by atoms with Crippen LogP contribution < -0.4 is 0 Å². The number of rotatable bonds is 5. The van der Waals surface area contributed by atoms with Crippen LogP contribution in [0.25, 0.3) is 0 Å². The second-order valence-corrected chi connectivity index (χ2v) is 2.67. The lowest BCUT2D eigenvalue weighted by atomic mass is 10.1. The number of esters is 1. The summed E-state index contributed by atoms with van der Waals surface area (Å²) in [6.45, 7) is -0.825. The van der Waals surface area contributed by atoms with Crippen LogP contribution in [0.5, 0.6) is 0 Å². The summed E-state index contributed by atoms with van der Waals surface area (Å²) in [7, 11) is 0. The number of hydrogen-bond acceptors (Lipinski definition) is 7. The van der Waals surface area contributed by atoms with Gasteiger partial charge in [-0.25, -0.2) is 4.79 Å². The van der Waals surface area contributed by atoms with E-state index in [9.17, 15) is 4.79 Å². The summed E-state index contributed by atoms with van der Waals surface area (Å²) in [5.74, 6) is 0.278. The normalized spacial score (nSPS) is 18.4. The minimum Gasteiger partial charge on any atom is -0.423 e. The Bertz CT molecular complexity index is 246. The first-order valence-electron chi connectivity index (χ1n) is 3.94. The van der Waals surface area contributed by atoms with E-state index in [-0.39, 0.29) is 0 Å². The molecule has 86 valence electrons. The lowest BCUT2D eigenvalue weighted by Gasteiger charge is -2.24. The van der Waals surface area contributed by atoms with Crippen LogP contribution in [0.4, 0.5) is 0 Å². The number of carbonyl (C=O) groups excluding carboxylic acids is 1. The van der Waals surface area contributed by atoms with Gasteiger partial charge in [0.2, 0.25) is 6.29 Å². The molecule has 0 aromatic carbocycles. The van der Waals surface area contributed by atoms with Gasteiger partial charge < -0.3 is 30.3 Å². The molecule has 0 aliphatic rings. The van der Waals surface area contributed by atoms with Crippen LogP contribution in [-0.2, 0) is 9.53 Å². The molecule has 0 spiro atoms. The van der Waals surface area contributed by atoms with Crippen molar-refractivity contribution in [3.63, 3.8) is 0 Å². The standard InChI is InChI=1S/C8H12O7/c1-2-5(11)15-8(14)7(13)6(12)4(10)3-9/h1,4,6-10,12-14H,3H2/t4-,6-,7+,8?/m1/s1. The van der Waals surface area contributed by atoms with Crippen LogP contribution in [0.2, 0.25) is 0 Å². The highest BCUT2D eigenvalue weighted by Crippen LogP contribution is 2.06. The Balaban J connectivity index is 4.25. The molecular formula is C8H12O7. The fourth-order valence-corrected chi connectivity index (χ4v) is 0.718. The number of aliphatic hydroxyl groups is 5. The Morgan fingerprint density at radius 1 is 1.27 bits per heavy atom. The third kappa shape index (κ3) is 4.24. The van der Waals surface area contributed by atoms with E-state index in [1.807, 2.05) is 0 Å². The molecule has 15 heavy (non-hydrogen) atoms. The average Bonchev–Trinajstić information content (AvgIpc) is 2.25. The number of hydrogen-bond donors (Lipinski definition) is 5. The third-order valence-electron chi connectivity index (χ3n) is 1.57. The first-order valence-corrected chi connectivity index (χ1v) is 3.94. The summed E-state index contributed by atoms with van der Waals surface area (Å²) in [5, 5.41) is 44.5. The van der Waals surface area contributed by atoms with Gasteiger partial charge >= 0.3 is 5.97 Å². The van der Waals surface area contributed by atoms with E-state index >= 15 is 0 Å². The van der Waals surface area contributed by atoms with Crippen molar-refractivity contribution in [3.8, 4) is 12.3 Å². The van der Waals surface area contributed by atoms with Gasteiger partial charge in [-0.1, -0.05) is 0 Å². The summed E-state index contributed by atoms with van der Waals surface area (Å²) >= 11 is 0. The molecule has 0 fully saturated rings. The molecule has 4 atom stereocenters. The first kappa shape index (κ1) is 13.8. The Kier molecular flexibility index (Phi) is 5.84. The lowest BCUT2D eigenvalue weighted by Crippen LogP contribution is -2.47. The summed E-state index contributed by atoms with van der Waals surface area (Å²) in [6.07, 6.45) is -2.97. The van der Waals surface area contributed by atoms with Gasteiger partial charge in [0, 0.05) is 5.92 Å². The van der Waals surface area contributed by atoms with Crippen molar-refractivity contribution < 1.29 is 35.1 Å². The molecule has 0 saturated carbocycles. The SMILES string of the molecule is C#CC(=O)OC(O)[C@@H](O)[C@H](O)[C@H](O)CO. The number of terminal acetylenes is 1.